The summed E-state index contributed by atoms with van der Waals surface area (Å²) in [6.45, 7) is -0.0515. The lowest BCUT2D eigenvalue weighted by Crippen LogP contribution is -2.12. The van der Waals surface area contributed by atoms with Crippen LogP contribution in [-0.2, 0) is 11.4 Å². The third-order valence-corrected chi connectivity index (χ3v) is 3.82. The number of halogens is 1. The van der Waals surface area contributed by atoms with E-state index in [1.54, 1.807) is 36.4 Å². The number of carbonyl (C=O) groups excluding carboxylic acids is 1. The number of hydrogen-bond donors (Lipinski definition) is 2. The van der Waals surface area contributed by atoms with Crippen LogP contribution in [0.4, 0.5) is 10.1 Å². The van der Waals surface area contributed by atoms with Gasteiger partial charge in [0.15, 0.2) is 0 Å². The topological polar surface area (TPSA) is 49.3 Å². The number of nitrogens with one attached hydrogen (secondary N) is 1. The highest BCUT2D eigenvalue weighted by Crippen LogP contribution is 2.19. The molecule has 0 fully saturated rings. The first-order valence-corrected chi connectivity index (χ1v) is 7.54. The van der Waals surface area contributed by atoms with Crippen molar-refractivity contribution in [3.05, 3.63) is 59.9 Å². The third-order valence-electron chi connectivity index (χ3n) is 2.80. The van der Waals surface area contributed by atoms with Crippen LogP contribution in [0, 0.1) is 5.82 Å². The summed E-state index contributed by atoms with van der Waals surface area (Å²) in [4.78, 5) is 12.7. The van der Waals surface area contributed by atoms with Crippen molar-refractivity contribution in [3.63, 3.8) is 0 Å². The van der Waals surface area contributed by atoms with Gasteiger partial charge in [0.2, 0.25) is 5.91 Å². The Bertz CT molecular complexity index is 601. The summed E-state index contributed by atoms with van der Waals surface area (Å²) in [6.07, 6.45) is 0.366. The Hall–Kier alpha value is -1.85. The summed E-state index contributed by atoms with van der Waals surface area (Å²) >= 11 is 1.51. The van der Waals surface area contributed by atoms with E-state index in [0.717, 1.165) is 10.5 Å². The molecule has 0 aliphatic carbocycles. The fraction of sp³-hybridized carbons (Fsp3) is 0.188. The second-order valence-corrected chi connectivity index (χ2v) is 5.63. The number of aliphatic hydroxyl groups is 1. The molecular weight excluding hydrogens is 289 g/mol. The van der Waals surface area contributed by atoms with E-state index in [-0.39, 0.29) is 18.3 Å². The zero-order chi connectivity index (χ0) is 15.1. The summed E-state index contributed by atoms with van der Waals surface area (Å²) in [7, 11) is 0. The Kier molecular flexibility index (Phi) is 5.78. The maximum Gasteiger partial charge on any atom is 0.225 e. The monoisotopic (exact) mass is 305 g/mol. The highest BCUT2D eigenvalue weighted by atomic mass is 32.2. The lowest BCUT2D eigenvalue weighted by atomic mass is 10.2. The number of aliphatic hydroxyl groups excluding tert-OH is 1. The molecule has 0 bridgehead atoms. The summed E-state index contributed by atoms with van der Waals surface area (Å²) < 4.78 is 12.8. The van der Waals surface area contributed by atoms with Crippen LogP contribution in [0.25, 0.3) is 0 Å². The Balaban J connectivity index is 1.78. The molecule has 2 N–H and O–H groups in total. The van der Waals surface area contributed by atoms with E-state index in [2.05, 4.69) is 5.32 Å². The second-order valence-electron chi connectivity index (χ2n) is 4.46. The normalized spacial score (nSPS) is 10.4. The smallest absolute Gasteiger partial charge is 0.225 e. The quantitative estimate of drug-likeness (QED) is 0.804. The van der Waals surface area contributed by atoms with E-state index >= 15 is 0 Å². The van der Waals surface area contributed by atoms with Crippen molar-refractivity contribution in [2.45, 2.75) is 17.9 Å². The van der Waals surface area contributed by atoms with Crippen LogP contribution in [0.15, 0.2) is 53.4 Å². The van der Waals surface area contributed by atoms with Crippen molar-refractivity contribution >= 4 is 23.4 Å². The molecule has 2 rings (SSSR count). The minimum absolute atomic E-state index is 0.0515. The van der Waals surface area contributed by atoms with Crippen LogP contribution >= 0.6 is 11.8 Å². The molecule has 5 heteroatoms. The summed E-state index contributed by atoms with van der Waals surface area (Å²) in [5, 5.41) is 11.8. The standard InChI is InChI=1S/C16H16FNO2S/c17-13-4-6-15(7-5-13)21-9-8-16(20)18-14-3-1-2-12(10-14)11-19/h1-7,10,19H,8-9,11H2,(H,18,20). The molecule has 0 spiro atoms. The minimum Gasteiger partial charge on any atom is -0.392 e. The Morgan fingerprint density at radius 2 is 1.95 bits per heavy atom. The van der Waals surface area contributed by atoms with Gasteiger partial charge in [-0.1, -0.05) is 12.1 Å². The number of hydrogen-bond acceptors (Lipinski definition) is 3. The van der Waals surface area contributed by atoms with Crippen LogP contribution in [0.5, 0.6) is 0 Å². The molecule has 0 atom stereocenters. The third kappa shape index (κ3) is 5.21. The second kappa shape index (κ2) is 7.81. The molecule has 2 aromatic carbocycles. The van der Waals surface area contributed by atoms with E-state index in [4.69, 9.17) is 5.11 Å². The molecule has 21 heavy (non-hydrogen) atoms. The van der Waals surface area contributed by atoms with E-state index in [9.17, 15) is 9.18 Å². The number of carbonyl (C=O) groups is 1. The van der Waals surface area contributed by atoms with Gasteiger partial charge in [0.25, 0.3) is 0 Å². The van der Waals surface area contributed by atoms with Gasteiger partial charge in [0.05, 0.1) is 6.61 Å². The summed E-state index contributed by atoms with van der Waals surface area (Å²) in [6, 6.07) is 13.3. The molecule has 110 valence electrons. The zero-order valence-electron chi connectivity index (χ0n) is 11.4. The SMILES string of the molecule is O=C(CCSc1ccc(F)cc1)Nc1cccc(CO)c1. The van der Waals surface area contributed by atoms with Gasteiger partial charge in [-0.2, -0.15) is 0 Å². The molecule has 0 aromatic heterocycles. The van der Waals surface area contributed by atoms with Crippen LogP contribution in [0.3, 0.4) is 0 Å². The molecular formula is C16H16FNO2S. The summed E-state index contributed by atoms with van der Waals surface area (Å²) in [5.41, 5.74) is 1.44. The number of amides is 1. The molecule has 0 saturated heterocycles. The predicted octanol–water partition coefficient (Wildman–Crippen LogP) is 3.44. The first kappa shape index (κ1) is 15.5. The van der Waals surface area contributed by atoms with Gasteiger partial charge in [0, 0.05) is 22.8 Å². The van der Waals surface area contributed by atoms with Crippen molar-refractivity contribution in [1.29, 1.82) is 0 Å². The van der Waals surface area contributed by atoms with E-state index in [1.165, 1.54) is 23.9 Å². The Morgan fingerprint density at radius 3 is 2.67 bits per heavy atom. The van der Waals surface area contributed by atoms with E-state index < -0.39 is 0 Å². The maximum absolute atomic E-state index is 12.8. The van der Waals surface area contributed by atoms with Gasteiger partial charge < -0.3 is 10.4 Å². The lowest BCUT2D eigenvalue weighted by Gasteiger charge is -2.06. The molecule has 2 aromatic rings. The molecule has 0 unspecified atom stereocenters. The van der Waals surface area contributed by atoms with Crippen molar-refractivity contribution in [2.75, 3.05) is 11.1 Å². The molecule has 0 aliphatic rings. The van der Waals surface area contributed by atoms with Crippen molar-refractivity contribution in [1.82, 2.24) is 0 Å². The first-order valence-electron chi connectivity index (χ1n) is 6.55. The highest BCUT2D eigenvalue weighted by molar-refractivity contribution is 7.99. The van der Waals surface area contributed by atoms with Gasteiger partial charge in [0.1, 0.15) is 5.82 Å². The van der Waals surface area contributed by atoms with E-state index in [1.807, 2.05) is 0 Å². The Morgan fingerprint density at radius 1 is 1.19 bits per heavy atom. The molecule has 3 nitrogen and oxygen atoms in total. The van der Waals surface area contributed by atoms with Crippen LogP contribution in [0.2, 0.25) is 0 Å². The average molecular weight is 305 g/mol. The average Bonchev–Trinajstić information content (AvgIpc) is 2.49. The first-order chi connectivity index (χ1) is 10.2. The van der Waals surface area contributed by atoms with Crippen LogP contribution in [0.1, 0.15) is 12.0 Å². The van der Waals surface area contributed by atoms with Gasteiger partial charge in [-0.15, -0.1) is 11.8 Å². The summed E-state index contributed by atoms with van der Waals surface area (Å²) in [5.74, 6) is 0.275. The number of rotatable bonds is 6. The zero-order valence-corrected chi connectivity index (χ0v) is 12.2. The molecule has 0 radical (unpaired) electrons. The fourth-order valence-corrected chi connectivity index (χ4v) is 2.62. The Labute approximate surface area is 127 Å². The van der Waals surface area contributed by atoms with Crippen molar-refractivity contribution in [3.8, 4) is 0 Å². The van der Waals surface area contributed by atoms with E-state index in [0.29, 0.717) is 17.9 Å². The highest BCUT2D eigenvalue weighted by Gasteiger charge is 2.04. The van der Waals surface area contributed by atoms with Crippen LogP contribution in [-0.4, -0.2) is 16.8 Å². The van der Waals surface area contributed by atoms with Crippen LogP contribution < -0.4 is 5.32 Å². The van der Waals surface area contributed by atoms with Gasteiger partial charge >= 0.3 is 0 Å². The van der Waals surface area contributed by atoms with Gasteiger partial charge in [-0.25, -0.2) is 4.39 Å². The van der Waals surface area contributed by atoms with Gasteiger partial charge in [-0.05, 0) is 42.0 Å². The van der Waals surface area contributed by atoms with Crippen molar-refractivity contribution < 1.29 is 14.3 Å². The minimum atomic E-state index is -0.263. The van der Waals surface area contributed by atoms with Crippen molar-refractivity contribution in [2.24, 2.45) is 0 Å². The van der Waals surface area contributed by atoms with Gasteiger partial charge in [-0.3, -0.25) is 4.79 Å². The molecule has 0 saturated carbocycles. The number of thioether (sulfide) groups is 1. The number of benzene rings is 2. The predicted molar refractivity (Wildman–Crippen MR) is 82.7 cm³/mol. The maximum atomic E-state index is 12.8. The molecule has 0 aliphatic heterocycles. The molecule has 0 heterocycles. The fourth-order valence-electron chi connectivity index (χ4n) is 1.76. The largest absolute Gasteiger partial charge is 0.392 e. The number of anilines is 1. The lowest BCUT2D eigenvalue weighted by molar-refractivity contribution is -0.115. The molecule has 1 amide bonds.